The topological polar surface area (TPSA) is 9.86 Å². The lowest BCUT2D eigenvalue weighted by Gasteiger charge is -2.19. The van der Waals surface area contributed by atoms with E-state index in [4.69, 9.17) is 0 Å². The predicted octanol–water partition coefficient (Wildman–Crippen LogP) is 16.4. The van der Waals surface area contributed by atoms with Crippen LogP contribution in [0.5, 0.6) is 0 Å². The third kappa shape index (κ3) is 5.64. The van der Waals surface area contributed by atoms with Crippen molar-refractivity contribution in [3.63, 3.8) is 0 Å². The first kappa shape index (κ1) is 36.2. The number of nitrogens with zero attached hydrogens (tertiary/aromatic N) is 2. The number of rotatable bonds is 6. The second-order valence-electron chi connectivity index (χ2n) is 17.3. The van der Waals surface area contributed by atoms with Crippen molar-refractivity contribution in [1.29, 1.82) is 0 Å². The van der Waals surface area contributed by atoms with Gasteiger partial charge in [0.1, 0.15) is 0 Å². The van der Waals surface area contributed by atoms with Crippen LogP contribution in [0.1, 0.15) is 22.3 Å². The molecule has 62 heavy (non-hydrogen) atoms. The Bertz CT molecular complexity index is 3360. The van der Waals surface area contributed by atoms with Crippen molar-refractivity contribution >= 4 is 54.1 Å². The van der Waals surface area contributed by atoms with Crippen molar-refractivity contribution in [3.8, 4) is 56.1 Å². The fraction of sp³-hybridized carbons (Fsp3) is 0.0667. The summed E-state index contributed by atoms with van der Waals surface area (Å²) in [5, 5.41) is 10.1. The van der Waals surface area contributed by atoms with E-state index >= 15 is 0 Å². The van der Waals surface area contributed by atoms with Crippen LogP contribution in [0.4, 0.5) is 0 Å². The molecular formula is C60H44N2. The number of hydrogen-bond donors (Lipinski definition) is 0. The molecular weight excluding hydrogens is 749 g/mol. The molecule has 0 radical (unpaired) electrons. The lowest BCUT2D eigenvalue weighted by molar-refractivity contribution is 1.14. The molecule has 2 nitrogen and oxygen atoms in total. The number of benzene rings is 10. The molecule has 0 N–H and O–H groups in total. The lowest BCUT2D eigenvalue weighted by atomic mass is 9.93. The summed E-state index contributed by atoms with van der Waals surface area (Å²) in [7, 11) is 0. The summed E-state index contributed by atoms with van der Waals surface area (Å²) < 4.78 is 4.99. The number of fused-ring (bicyclic) bond motifs is 2. The minimum Gasteiger partial charge on any atom is -0.309 e. The number of aryl methyl sites for hydroxylation is 4. The first-order chi connectivity index (χ1) is 30.4. The van der Waals surface area contributed by atoms with Crippen LogP contribution in [0.2, 0.25) is 0 Å². The van der Waals surface area contributed by atoms with Gasteiger partial charge in [-0.2, -0.15) is 0 Å². The molecule has 0 aliphatic carbocycles. The molecule has 0 saturated carbocycles. The molecule has 0 unspecified atom stereocenters. The maximum Gasteiger partial charge on any atom is 0.0619 e. The summed E-state index contributed by atoms with van der Waals surface area (Å²) in [6, 6.07) is 72.8. The van der Waals surface area contributed by atoms with E-state index in [0.717, 1.165) is 11.4 Å². The Balaban J connectivity index is 1.09. The van der Waals surface area contributed by atoms with Gasteiger partial charge < -0.3 is 9.13 Å². The smallest absolute Gasteiger partial charge is 0.0619 e. The molecule has 0 saturated heterocycles. The fourth-order valence-corrected chi connectivity index (χ4v) is 10.1. The van der Waals surface area contributed by atoms with Gasteiger partial charge in [0.15, 0.2) is 0 Å². The monoisotopic (exact) mass is 792 g/mol. The largest absolute Gasteiger partial charge is 0.309 e. The van der Waals surface area contributed by atoms with Crippen LogP contribution in [-0.4, -0.2) is 9.13 Å². The number of hydrogen-bond acceptors (Lipinski definition) is 0. The quantitative estimate of drug-likeness (QED) is 0.148. The first-order valence-corrected chi connectivity index (χ1v) is 21.7. The van der Waals surface area contributed by atoms with Gasteiger partial charge in [-0.3, -0.25) is 0 Å². The Labute approximate surface area is 361 Å². The second kappa shape index (κ2) is 13.9. The van der Waals surface area contributed by atoms with Gasteiger partial charge in [-0.15, -0.1) is 0 Å². The van der Waals surface area contributed by atoms with Gasteiger partial charge in [0.25, 0.3) is 0 Å². The molecule has 294 valence electrons. The molecule has 12 aromatic rings. The van der Waals surface area contributed by atoms with Crippen LogP contribution in [0.15, 0.2) is 194 Å². The molecule has 12 rings (SSSR count). The van der Waals surface area contributed by atoms with E-state index < -0.39 is 0 Å². The van der Waals surface area contributed by atoms with E-state index in [9.17, 15) is 0 Å². The Morgan fingerprint density at radius 1 is 0.290 bits per heavy atom. The van der Waals surface area contributed by atoms with Gasteiger partial charge in [-0.05, 0) is 119 Å². The third-order valence-corrected chi connectivity index (χ3v) is 13.1. The zero-order chi connectivity index (χ0) is 41.6. The summed E-state index contributed by atoms with van der Waals surface area (Å²) in [5.74, 6) is 0. The first-order valence-electron chi connectivity index (χ1n) is 21.7. The maximum absolute atomic E-state index is 2.50. The summed E-state index contributed by atoms with van der Waals surface area (Å²) in [6.45, 7) is 8.64. The summed E-state index contributed by atoms with van der Waals surface area (Å²) in [5.41, 5.74) is 19.5. The molecule has 2 heteroatoms. The Morgan fingerprint density at radius 2 is 0.581 bits per heavy atom. The highest BCUT2D eigenvalue weighted by Gasteiger charge is 2.24. The van der Waals surface area contributed by atoms with Crippen LogP contribution in [0.25, 0.3) is 110 Å². The molecule has 2 aromatic heterocycles. The Morgan fingerprint density at radius 3 is 0.903 bits per heavy atom. The lowest BCUT2D eigenvalue weighted by Crippen LogP contribution is -2.00. The molecule has 0 bridgehead atoms. The second-order valence-corrected chi connectivity index (χ2v) is 17.3. The van der Waals surface area contributed by atoms with Crippen LogP contribution < -0.4 is 0 Å². The molecule has 0 spiro atoms. The highest BCUT2D eigenvalue weighted by Crippen LogP contribution is 2.47. The standard InChI is InChI=1S/C60H44N2/c1-37-13-21-41(22-14-37)57-51-9-5-7-11-53(51)61(59(57)43-25-17-39(3)18-26-43)49-33-45-29-31-47-35-50(36-48-32-30-46(34-49)55(45)56(47)48)62-54-12-8-6-10-52(54)58(42-23-15-38(2)16-24-42)60(62)44-27-19-40(4)20-28-44/h5-36H,1-4H3. The van der Waals surface area contributed by atoms with Crippen LogP contribution in [0.3, 0.4) is 0 Å². The van der Waals surface area contributed by atoms with E-state index in [2.05, 4.69) is 231 Å². The van der Waals surface area contributed by atoms with Crippen molar-refractivity contribution in [1.82, 2.24) is 9.13 Å². The molecule has 0 fully saturated rings. The highest BCUT2D eigenvalue weighted by molar-refractivity contribution is 6.24. The molecule has 0 amide bonds. The van der Waals surface area contributed by atoms with Crippen molar-refractivity contribution in [2.45, 2.75) is 27.7 Å². The van der Waals surface area contributed by atoms with Gasteiger partial charge in [0, 0.05) is 33.3 Å². The Hall–Kier alpha value is -7.68. The van der Waals surface area contributed by atoms with Crippen LogP contribution >= 0.6 is 0 Å². The van der Waals surface area contributed by atoms with Gasteiger partial charge >= 0.3 is 0 Å². The molecule has 10 aromatic carbocycles. The van der Waals surface area contributed by atoms with E-state index in [1.807, 2.05) is 0 Å². The molecule has 0 atom stereocenters. The van der Waals surface area contributed by atoms with Crippen molar-refractivity contribution in [2.24, 2.45) is 0 Å². The van der Waals surface area contributed by atoms with Crippen LogP contribution in [-0.2, 0) is 0 Å². The number of para-hydroxylation sites is 2. The zero-order valence-electron chi connectivity index (χ0n) is 35.4. The fourth-order valence-electron chi connectivity index (χ4n) is 10.1. The highest BCUT2D eigenvalue weighted by atomic mass is 15.0. The Kier molecular flexibility index (Phi) is 8.14. The minimum atomic E-state index is 1.16. The molecule has 0 aliphatic rings. The van der Waals surface area contributed by atoms with E-state index in [0.29, 0.717) is 0 Å². The van der Waals surface area contributed by atoms with Crippen molar-refractivity contribution in [2.75, 3.05) is 0 Å². The van der Waals surface area contributed by atoms with Gasteiger partial charge in [-0.25, -0.2) is 0 Å². The average Bonchev–Trinajstić information content (AvgIpc) is 3.83. The maximum atomic E-state index is 2.50. The van der Waals surface area contributed by atoms with Crippen LogP contribution in [0, 0.1) is 27.7 Å². The molecule has 2 heterocycles. The van der Waals surface area contributed by atoms with Gasteiger partial charge in [0.2, 0.25) is 0 Å². The predicted molar refractivity (Wildman–Crippen MR) is 265 cm³/mol. The number of aromatic nitrogens is 2. The van der Waals surface area contributed by atoms with E-state index in [1.165, 1.54) is 121 Å². The SMILES string of the molecule is Cc1ccc(-c2c(-c3ccc(C)cc3)n(-c3cc4ccc5cc(-n6c(-c7ccc(C)cc7)c(-c7ccc(C)cc7)c7ccccc76)cc6ccc(c3)c4c56)c3ccccc23)cc1. The third-order valence-electron chi connectivity index (χ3n) is 13.1. The zero-order valence-corrected chi connectivity index (χ0v) is 35.4. The van der Waals surface area contributed by atoms with Crippen molar-refractivity contribution in [3.05, 3.63) is 216 Å². The minimum absolute atomic E-state index is 1.16. The average molecular weight is 793 g/mol. The summed E-state index contributed by atoms with van der Waals surface area (Å²) in [4.78, 5) is 0. The van der Waals surface area contributed by atoms with E-state index in [1.54, 1.807) is 0 Å². The van der Waals surface area contributed by atoms with Gasteiger partial charge in [0.05, 0.1) is 22.4 Å². The van der Waals surface area contributed by atoms with Crippen molar-refractivity contribution < 1.29 is 0 Å². The van der Waals surface area contributed by atoms with Gasteiger partial charge in [-0.1, -0.05) is 180 Å². The van der Waals surface area contributed by atoms with E-state index in [-0.39, 0.29) is 0 Å². The normalized spacial score (nSPS) is 11.9. The summed E-state index contributed by atoms with van der Waals surface area (Å²) in [6.07, 6.45) is 0. The molecule has 0 aliphatic heterocycles. The summed E-state index contributed by atoms with van der Waals surface area (Å²) >= 11 is 0.